The van der Waals surface area contributed by atoms with Gasteiger partial charge in [0.25, 0.3) is 0 Å². The van der Waals surface area contributed by atoms with E-state index in [0.717, 1.165) is 19.4 Å². The van der Waals surface area contributed by atoms with Crippen molar-refractivity contribution in [3.63, 3.8) is 0 Å². The summed E-state index contributed by atoms with van der Waals surface area (Å²) in [5.41, 5.74) is 2.63. The molecule has 1 aliphatic heterocycles. The maximum atomic E-state index is 9.96. The molecule has 142 valence electrons. The number of rotatable bonds is 7. The molecule has 0 unspecified atom stereocenters. The van der Waals surface area contributed by atoms with Crippen molar-refractivity contribution in [2.75, 3.05) is 18.5 Å². The molecule has 3 atom stereocenters. The molecular weight excluding hydrogens is 346 g/mol. The van der Waals surface area contributed by atoms with E-state index < -0.39 is 18.4 Å². The summed E-state index contributed by atoms with van der Waals surface area (Å²) in [5, 5.41) is 22.6. The van der Waals surface area contributed by atoms with Gasteiger partial charge >= 0.3 is 0 Å². The van der Waals surface area contributed by atoms with Crippen molar-refractivity contribution in [1.29, 1.82) is 0 Å². The molecule has 3 heterocycles. The minimum Gasteiger partial charge on any atom is -0.394 e. The number of fused-ring (bicyclic) bond motifs is 1. The van der Waals surface area contributed by atoms with Crippen molar-refractivity contribution >= 4 is 17.0 Å². The zero-order chi connectivity index (χ0) is 18.6. The van der Waals surface area contributed by atoms with Crippen molar-refractivity contribution in [1.82, 2.24) is 19.5 Å². The molecule has 0 spiro atoms. The summed E-state index contributed by atoms with van der Waals surface area (Å²) >= 11 is 0. The fourth-order valence-electron chi connectivity index (χ4n) is 3.39. The number of benzene rings is 1. The summed E-state index contributed by atoms with van der Waals surface area (Å²) in [5.74, 6) is 0.684. The molecular formula is C19H23N5O3. The molecule has 27 heavy (non-hydrogen) atoms. The molecule has 1 aliphatic rings. The van der Waals surface area contributed by atoms with Gasteiger partial charge in [0.15, 0.2) is 17.0 Å². The number of aromatic nitrogens is 4. The van der Waals surface area contributed by atoms with E-state index >= 15 is 0 Å². The lowest BCUT2D eigenvalue weighted by atomic mass is 10.1. The van der Waals surface area contributed by atoms with Crippen LogP contribution in [-0.2, 0) is 11.2 Å². The van der Waals surface area contributed by atoms with Gasteiger partial charge in [-0.3, -0.25) is 4.57 Å². The largest absolute Gasteiger partial charge is 0.394 e. The third kappa shape index (κ3) is 3.78. The van der Waals surface area contributed by atoms with Gasteiger partial charge in [-0.2, -0.15) is 0 Å². The summed E-state index contributed by atoms with van der Waals surface area (Å²) in [6, 6.07) is 10.4. The predicted octanol–water partition coefficient (Wildman–Crippen LogP) is 1.51. The van der Waals surface area contributed by atoms with Crippen molar-refractivity contribution < 1.29 is 14.9 Å². The molecule has 0 saturated carbocycles. The topological polar surface area (TPSA) is 105 Å². The minimum atomic E-state index is -0.699. The second kappa shape index (κ2) is 7.99. The first kappa shape index (κ1) is 17.8. The van der Waals surface area contributed by atoms with Gasteiger partial charge in [0.2, 0.25) is 0 Å². The second-order valence-corrected chi connectivity index (χ2v) is 6.68. The quantitative estimate of drug-likeness (QED) is 0.542. The van der Waals surface area contributed by atoms with Crippen LogP contribution in [0.5, 0.6) is 0 Å². The van der Waals surface area contributed by atoms with Gasteiger partial charge in [-0.1, -0.05) is 30.3 Å². The van der Waals surface area contributed by atoms with Crippen molar-refractivity contribution in [2.24, 2.45) is 0 Å². The normalized spacial score (nSPS) is 22.4. The number of aryl methyl sites for hydroxylation is 1. The number of nitrogens with one attached hydrogen (secondary N) is 1. The Bertz CT molecular complexity index is 885. The van der Waals surface area contributed by atoms with Crippen LogP contribution in [0.2, 0.25) is 0 Å². The van der Waals surface area contributed by atoms with E-state index in [-0.39, 0.29) is 6.61 Å². The van der Waals surface area contributed by atoms with Crippen molar-refractivity contribution in [3.8, 4) is 0 Å². The van der Waals surface area contributed by atoms with Crippen molar-refractivity contribution in [2.45, 2.75) is 37.7 Å². The average molecular weight is 369 g/mol. The number of aliphatic hydroxyl groups is 2. The molecule has 0 amide bonds. The van der Waals surface area contributed by atoms with Crippen LogP contribution in [-0.4, -0.2) is 55.1 Å². The Kier molecular flexibility index (Phi) is 5.28. The summed E-state index contributed by atoms with van der Waals surface area (Å²) in [7, 11) is 0. The van der Waals surface area contributed by atoms with Crippen molar-refractivity contribution in [3.05, 3.63) is 48.5 Å². The summed E-state index contributed by atoms with van der Waals surface area (Å²) < 4.78 is 7.49. The van der Waals surface area contributed by atoms with E-state index in [0.29, 0.717) is 23.4 Å². The van der Waals surface area contributed by atoms with Crippen LogP contribution in [0.4, 0.5) is 5.82 Å². The number of nitrogens with zero attached hydrogens (tertiary/aromatic N) is 4. The van der Waals surface area contributed by atoms with Crippen LogP contribution in [0.25, 0.3) is 11.2 Å². The predicted molar refractivity (Wildman–Crippen MR) is 100 cm³/mol. The monoisotopic (exact) mass is 369 g/mol. The van der Waals surface area contributed by atoms with Gasteiger partial charge in [-0.15, -0.1) is 0 Å². The van der Waals surface area contributed by atoms with Gasteiger partial charge in [0.1, 0.15) is 18.7 Å². The molecule has 8 heteroatoms. The highest BCUT2D eigenvalue weighted by Gasteiger charge is 2.35. The maximum absolute atomic E-state index is 9.96. The minimum absolute atomic E-state index is 0.215. The smallest absolute Gasteiger partial charge is 0.167 e. The fourth-order valence-corrected chi connectivity index (χ4v) is 3.39. The van der Waals surface area contributed by atoms with E-state index in [9.17, 15) is 10.2 Å². The zero-order valence-electron chi connectivity index (χ0n) is 14.9. The third-order valence-electron chi connectivity index (χ3n) is 4.83. The summed E-state index contributed by atoms with van der Waals surface area (Å²) in [4.78, 5) is 13.1. The maximum Gasteiger partial charge on any atom is 0.167 e. The Morgan fingerprint density at radius 3 is 2.81 bits per heavy atom. The molecule has 8 nitrogen and oxygen atoms in total. The highest BCUT2D eigenvalue weighted by molar-refractivity contribution is 5.82. The van der Waals surface area contributed by atoms with Gasteiger partial charge in [0, 0.05) is 13.0 Å². The molecule has 0 aliphatic carbocycles. The fraction of sp³-hybridized carbons (Fsp3) is 0.421. The first-order chi connectivity index (χ1) is 13.3. The number of ether oxygens (including phenoxy) is 1. The Hall–Kier alpha value is -2.55. The molecule has 1 fully saturated rings. The Labute approximate surface area is 156 Å². The Morgan fingerprint density at radius 1 is 1.19 bits per heavy atom. The Morgan fingerprint density at radius 2 is 2.04 bits per heavy atom. The van der Waals surface area contributed by atoms with Crippen LogP contribution < -0.4 is 5.32 Å². The summed E-state index contributed by atoms with van der Waals surface area (Å²) in [6.45, 7) is 0.562. The van der Waals surface area contributed by atoms with Crippen LogP contribution >= 0.6 is 0 Å². The van der Waals surface area contributed by atoms with Gasteiger partial charge in [-0.25, -0.2) is 15.0 Å². The lowest BCUT2D eigenvalue weighted by Gasteiger charge is -2.13. The molecule has 1 saturated heterocycles. The van der Waals surface area contributed by atoms with Crippen LogP contribution in [0.3, 0.4) is 0 Å². The number of hydrogen-bond donors (Lipinski definition) is 3. The van der Waals surface area contributed by atoms with Crippen LogP contribution in [0, 0.1) is 0 Å². The average Bonchev–Trinajstić information content (AvgIpc) is 3.29. The molecule has 0 bridgehead atoms. The van der Waals surface area contributed by atoms with Crippen LogP contribution in [0.1, 0.15) is 24.6 Å². The number of anilines is 1. The third-order valence-corrected chi connectivity index (χ3v) is 4.83. The molecule has 0 radical (unpaired) electrons. The zero-order valence-corrected chi connectivity index (χ0v) is 14.9. The first-order valence-corrected chi connectivity index (χ1v) is 9.16. The number of hydrogen-bond acceptors (Lipinski definition) is 7. The lowest BCUT2D eigenvalue weighted by Crippen LogP contribution is -2.24. The lowest BCUT2D eigenvalue weighted by molar-refractivity contribution is -0.0432. The van der Waals surface area contributed by atoms with E-state index in [1.54, 1.807) is 10.9 Å². The molecule has 3 aromatic rings. The number of imidazole rings is 1. The van der Waals surface area contributed by atoms with Gasteiger partial charge in [-0.05, 0) is 18.4 Å². The molecule has 2 aromatic heterocycles. The van der Waals surface area contributed by atoms with E-state index in [4.69, 9.17) is 4.74 Å². The van der Waals surface area contributed by atoms with E-state index in [1.165, 1.54) is 11.9 Å². The summed E-state index contributed by atoms with van der Waals surface area (Å²) in [6.07, 6.45) is 3.82. The second-order valence-electron chi connectivity index (χ2n) is 6.68. The highest BCUT2D eigenvalue weighted by atomic mass is 16.5. The number of aliphatic hydroxyl groups excluding tert-OH is 2. The molecule has 3 N–H and O–H groups in total. The molecule has 1 aromatic carbocycles. The Balaban J connectivity index is 1.43. The van der Waals surface area contributed by atoms with E-state index in [2.05, 4.69) is 32.4 Å². The van der Waals surface area contributed by atoms with Gasteiger partial charge < -0.3 is 20.3 Å². The van der Waals surface area contributed by atoms with Gasteiger partial charge in [0.05, 0.1) is 19.0 Å². The van der Waals surface area contributed by atoms with E-state index in [1.807, 2.05) is 18.2 Å². The highest BCUT2D eigenvalue weighted by Crippen LogP contribution is 2.31. The standard InChI is InChI=1S/C19H23N5O3/c25-10-15-14(26)9-16(27-15)24-12-23-17-18(21-11-22-19(17)24)20-8-4-7-13-5-2-1-3-6-13/h1-3,5-6,11-12,14-16,25-26H,4,7-10H2,(H,20,21,22)/t14-,15+,16+/m0/s1. The first-order valence-electron chi connectivity index (χ1n) is 9.16. The van der Waals surface area contributed by atoms with Crippen LogP contribution in [0.15, 0.2) is 43.0 Å². The molecule has 4 rings (SSSR count). The SMILES string of the molecule is OC[C@H]1O[C@@H](n2cnc3c(NCCCc4ccccc4)ncnc32)C[C@@H]1O.